The van der Waals surface area contributed by atoms with Crippen molar-refractivity contribution in [2.24, 2.45) is 0 Å². The molecule has 0 aromatic heterocycles. The zero-order valence-electron chi connectivity index (χ0n) is 12.6. The number of aryl methyl sites for hydroxylation is 1. The zero-order chi connectivity index (χ0) is 15.7. The third kappa shape index (κ3) is 6.76. The maximum atomic E-state index is 11.8. The van der Waals surface area contributed by atoms with Crippen LogP contribution >= 0.6 is 0 Å². The van der Waals surface area contributed by atoms with Crippen molar-refractivity contribution in [1.82, 2.24) is 10.9 Å². The van der Waals surface area contributed by atoms with E-state index < -0.39 is 12.0 Å². The van der Waals surface area contributed by atoms with Crippen LogP contribution in [0.15, 0.2) is 24.3 Å². The first-order chi connectivity index (χ1) is 10.0. The molecule has 6 heteroatoms. The molecule has 2 amide bonds. The van der Waals surface area contributed by atoms with Crippen LogP contribution in [0.1, 0.15) is 25.8 Å². The molecule has 0 heterocycles. The van der Waals surface area contributed by atoms with E-state index in [4.69, 9.17) is 9.47 Å². The fourth-order valence-electron chi connectivity index (χ4n) is 1.48. The summed E-state index contributed by atoms with van der Waals surface area (Å²) in [5.74, 6) is -0.120. The number of ether oxygens (including phenoxy) is 2. The van der Waals surface area contributed by atoms with E-state index in [9.17, 15) is 9.59 Å². The first kappa shape index (κ1) is 17.0. The third-order valence-electron chi connectivity index (χ3n) is 2.71. The second kappa shape index (κ2) is 8.97. The normalized spacial score (nSPS) is 11.6. The van der Waals surface area contributed by atoms with Gasteiger partial charge in [0.2, 0.25) is 5.91 Å². The van der Waals surface area contributed by atoms with Gasteiger partial charge in [0.1, 0.15) is 5.75 Å². The minimum atomic E-state index is -0.708. The second-order valence-corrected chi connectivity index (χ2v) is 4.56. The summed E-state index contributed by atoms with van der Waals surface area (Å²) in [4.78, 5) is 23.2. The van der Waals surface area contributed by atoms with E-state index >= 15 is 0 Å². The number of nitrogens with one attached hydrogen (secondary N) is 2. The maximum absolute atomic E-state index is 11.8. The predicted molar refractivity (Wildman–Crippen MR) is 78.7 cm³/mol. The van der Waals surface area contributed by atoms with E-state index in [-0.39, 0.29) is 12.3 Å². The molecule has 2 N–H and O–H groups in total. The molecule has 6 nitrogen and oxygen atoms in total. The highest BCUT2D eigenvalue weighted by Gasteiger charge is 2.15. The van der Waals surface area contributed by atoms with Gasteiger partial charge in [-0.25, -0.2) is 0 Å². The summed E-state index contributed by atoms with van der Waals surface area (Å²) in [6, 6.07) is 7.38. The van der Waals surface area contributed by atoms with Gasteiger partial charge in [0.25, 0.3) is 5.91 Å². The average Bonchev–Trinajstić information content (AvgIpc) is 2.47. The number of carbonyl (C=O) groups excluding carboxylic acids is 2. The monoisotopic (exact) mass is 294 g/mol. The Kier molecular flexibility index (Phi) is 7.25. The molecule has 1 aromatic rings. The van der Waals surface area contributed by atoms with Gasteiger partial charge in [-0.05, 0) is 32.9 Å². The molecule has 0 saturated carbocycles. The summed E-state index contributed by atoms with van der Waals surface area (Å²) in [7, 11) is 0. The molecule has 0 fully saturated rings. The average molecular weight is 294 g/mol. The van der Waals surface area contributed by atoms with Gasteiger partial charge in [-0.2, -0.15) is 0 Å². The molecule has 0 aliphatic heterocycles. The highest BCUT2D eigenvalue weighted by molar-refractivity contribution is 5.84. The molecule has 1 rings (SSSR count). The van der Waals surface area contributed by atoms with Crippen LogP contribution in [0.3, 0.4) is 0 Å². The van der Waals surface area contributed by atoms with Crippen molar-refractivity contribution in [3.05, 3.63) is 29.8 Å². The van der Waals surface area contributed by atoms with E-state index in [1.54, 1.807) is 19.1 Å². The Bertz CT molecular complexity index is 459. The molecule has 1 atom stereocenters. The Morgan fingerprint density at radius 1 is 1.19 bits per heavy atom. The van der Waals surface area contributed by atoms with Crippen molar-refractivity contribution < 1.29 is 19.1 Å². The lowest BCUT2D eigenvalue weighted by Gasteiger charge is -2.15. The summed E-state index contributed by atoms with van der Waals surface area (Å²) in [5, 5.41) is 0. The lowest BCUT2D eigenvalue weighted by molar-refractivity contribution is -0.133. The fraction of sp³-hybridized carbons (Fsp3) is 0.467. The summed E-state index contributed by atoms with van der Waals surface area (Å²) < 4.78 is 10.5. The lowest BCUT2D eigenvalue weighted by atomic mass is 10.2. The Labute approximate surface area is 124 Å². The number of hydrogen-bond acceptors (Lipinski definition) is 4. The second-order valence-electron chi connectivity index (χ2n) is 4.56. The van der Waals surface area contributed by atoms with Gasteiger partial charge in [-0.3, -0.25) is 20.4 Å². The van der Waals surface area contributed by atoms with E-state index in [0.29, 0.717) is 19.0 Å². The van der Waals surface area contributed by atoms with Gasteiger partial charge in [0.15, 0.2) is 6.10 Å². The summed E-state index contributed by atoms with van der Waals surface area (Å²) in [5.41, 5.74) is 5.75. The van der Waals surface area contributed by atoms with Crippen LogP contribution in [-0.2, 0) is 14.3 Å². The fourth-order valence-corrected chi connectivity index (χ4v) is 1.48. The molecule has 0 aliphatic carbocycles. The topological polar surface area (TPSA) is 76.7 Å². The lowest BCUT2D eigenvalue weighted by Crippen LogP contribution is -2.47. The molecule has 1 aromatic carbocycles. The van der Waals surface area contributed by atoms with Crippen LogP contribution in [0.4, 0.5) is 0 Å². The van der Waals surface area contributed by atoms with Crippen LogP contribution in [0.25, 0.3) is 0 Å². The molecular weight excluding hydrogens is 272 g/mol. The molecule has 21 heavy (non-hydrogen) atoms. The van der Waals surface area contributed by atoms with Crippen LogP contribution in [0.2, 0.25) is 0 Å². The Hall–Kier alpha value is -2.08. The number of benzene rings is 1. The predicted octanol–water partition coefficient (Wildman–Crippen LogP) is 1.34. The largest absolute Gasteiger partial charge is 0.481 e. The van der Waals surface area contributed by atoms with Crippen molar-refractivity contribution in [3.63, 3.8) is 0 Å². The van der Waals surface area contributed by atoms with E-state index in [0.717, 1.165) is 5.56 Å². The van der Waals surface area contributed by atoms with E-state index in [1.165, 1.54) is 0 Å². The smallest absolute Gasteiger partial charge is 0.279 e. The molecule has 0 bridgehead atoms. The highest BCUT2D eigenvalue weighted by atomic mass is 16.5. The molecule has 0 aliphatic rings. The van der Waals surface area contributed by atoms with Crippen molar-refractivity contribution in [1.29, 1.82) is 0 Å². The third-order valence-corrected chi connectivity index (χ3v) is 2.71. The van der Waals surface area contributed by atoms with Crippen molar-refractivity contribution in [2.45, 2.75) is 33.3 Å². The highest BCUT2D eigenvalue weighted by Crippen LogP contribution is 2.13. The number of rotatable bonds is 7. The zero-order valence-corrected chi connectivity index (χ0v) is 12.6. The minimum absolute atomic E-state index is 0.196. The first-order valence-electron chi connectivity index (χ1n) is 6.92. The number of hydrogen-bond donors (Lipinski definition) is 2. The number of carbonyl (C=O) groups is 2. The van der Waals surface area contributed by atoms with Gasteiger partial charge >= 0.3 is 0 Å². The van der Waals surface area contributed by atoms with Crippen LogP contribution in [0, 0.1) is 6.92 Å². The van der Waals surface area contributed by atoms with E-state index in [2.05, 4.69) is 10.9 Å². The van der Waals surface area contributed by atoms with Crippen molar-refractivity contribution >= 4 is 11.8 Å². The summed E-state index contributed by atoms with van der Waals surface area (Å²) >= 11 is 0. The summed E-state index contributed by atoms with van der Waals surface area (Å²) in [6.45, 7) is 6.32. The van der Waals surface area contributed by atoms with Gasteiger partial charge < -0.3 is 9.47 Å². The molecule has 0 radical (unpaired) electrons. The van der Waals surface area contributed by atoms with Crippen LogP contribution in [0.5, 0.6) is 5.75 Å². The maximum Gasteiger partial charge on any atom is 0.279 e. The Balaban J connectivity index is 2.30. The van der Waals surface area contributed by atoms with Gasteiger partial charge in [0.05, 0.1) is 13.0 Å². The Morgan fingerprint density at radius 2 is 1.86 bits per heavy atom. The molecule has 1 unspecified atom stereocenters. The molecule has 0 spiro atoms. The van der Waals surface area contributed by atoms with Gasteiger partial charge in [-0.1, -0.05) is 17.7 Å². The van der Waals surface area contributed by atoms with Crippen LogP contribution < -0.4 is 15.6 Å². The summed E-state index contributed by atoms with van der Waals surface area (Å²) in [6.07, 6.45) is -0.513. The van der Waals surface area contributed by atoms with Crippen molar-refractivity contribution in [3.8, 4) is 5.75 Å². The van der Waals surface area contributed by atoms with Gasteiger partial charge in [0, 0.05) is 6.61 Å². The minimum Gasteiger partial charge on any atom is -0.481 e. The quantitative estimate of drug-likeness (QED) is 0.587. The molecule has 116 valence electrons. The van der Waals surface area contributed by atoms with Crippen LogP contribution in [-0.4, -0.2) is 31.1 Å². The standard InChI is InChI=1S/C15H22N2O4/c1-4-20-10-9-14(18)16-17-15(19)12(3)21-13-7-5-11(2)6-8-13/h5-8,12H,4,9-10H2,1-3H3,(H,16,18)(H,17,19). The SMILES string of the molecule is CCOCCC(=O)NNC(=O)C(C)Oc1ccc(C)cc1. The number of hydrazine groups is 1. The number of amides is 2. The Morgan fingerprint density at radius 3 is 2.48 bits per heavy atom. The van der Waals surface area contributed by atoms with Crippen molar-refractivity contribution in [2.75, 3.05) is 13.2 Å². The molecular formula is C15H22N2O4. The first-order valence-corrected chi connectivity index (χ1v) is 6.92. The molecule has 0 saturated heterocycles. The van der Waals surface area contributed by atoms with E-state index in [1.807, 2.05) is 26.0 Å². The van der Waals surface area contributed by atoms with Gasteiger partial charge in [-0.15, -0.1) is 0 Å².